The third kappa shape index (κ3) is 1.58. The van der Waals surface area contributed by atoms with Crippen molar-refractivity contribution in [1.29, 1.82) is 0 Å². The maximum atomic E-state index is 12.5. The van der Waals surface area contributed by atoms with Gasteiger partial charge in [-0.1, -0.05) is 24.3 Å². The number of Topliss-reactive ketones (excluding diaryl/α,β-unsaturated/α-hetero) is 1. The van der Waals surface area contributed by atoms with Gasteiger partial charge >= 0.3 is 6.03 Å². The predicted octanol–water partition coefficient (Wildman–Crippen LogP) is 0.969. The average Bonchev–Trinajstić information content (AvgIpc) is 2.85. The van der Waals surface area contributed by atoms with Crippen molar-refractivity contribution in [3.8, 4) is 0 Å². The summed E-state index contributed by atoms with van der Waals surface area (Å²) in [5.41, 5.74) is 0.989. The molecule has 0 bridgehead atoms. The Morgan fingerprint density at radius 3 is 2.84 bits per heavy atom. The van der Waals surface area contributed by atoms with Crippen LogP contribution in [-0.2, 0) is 21.5 Å². The molecule has 0 aromatic heterocycles. The Kier molecular flexibility index (Phi) is 2.45. The lowest BCUT2D eigenvalue weighted by Crippen LogP contribution is -2.42. The van der Waals surface area contributed by atoms with Crippen molar-refractivity contribution in [3.63, 3.8) is 0 Å². The lowest BCUT2D eigenvalue weighted by atomic mass is 9.92. The fourth-order valence-electron chi connectivity index (χ4n) is 2.96. The van der Waals surface area contributed by atoms with Crippen molar-refractivity contribution in [2.75, 3.05) is 6.54 Å². The van der Waals surface area contributed by atoms with Gasteiger partial charge in [0.1, 0.15) is 11.3 Å². The summed E-state index contributed by atoms with van der Waals surface area (Å²) in [7, 11) is 0. The molecule has 1 aromatic rings. The summed E-state index contributed by atoms with van der Waals surface area (Å²) in [6.45, 7) is 1.21. The van der Waals surface area contributed by atoms with Crippen LogP contribution in [0.25, 0.3) is 0 Å². The summed E-state index contributed by atoms with van der Waals surface area (Å²) >= 11 is 0. The fourth-order valence-corrected chi connectivity index (χ4v) is 2.96. The van der Waals surface area contributed by atoms with E-state index in [1.807, 2.05) is 24.3 Å². The molecule has 3 amide bonds. The van der Waals surface area contributed by atoms with E-state index in [2.05, 4.69) is 5.32 Å². The van der Waals surface area contributed by atoms with Crippen molar-refractivity contribution in [1.82, 2.24) is 10.2 Å². The number of rotatable bonds is 2. The first kappa shape index (κ1) is 11.9. The molecule has 5 nitrogen and oxygen atoms in total. The third-order valence-electron chi connectivity index (χ3n) is 3.80. The Hall–Kier alpha value is -2.17. The van der Waals surface area contributed by atoms with E-state index in [-0.39, 0.29) is 18.2 Å². The number of hydrogen-bond donors (Lipinski definition) is 1. The number of hydrogen-bond acceptors (Lipinski definition) is 3. The topological polar surface area (TPSA) is 66.5 Å². The van der Waals surface area contributed by atoms with Crippen LogP contribution in [0.4, 0.5) is 4.79 Å². The molecule has 1 saturated heterocycles. The van der Waals surface area contributed by atoms with Crippen LogP contribution in [-0.4, -0.2) is 29.2 Å². The molecule has 1 N–H and O–H groups in total. The fraction of sp³-hybridized carbons (Fsp3) is 0.357. The molecule has 98 valence electrons. The first-order valence-electron chi connectivity index (χ1n) is 6.26. The number of carbonyl (C=O) groups is 3. The molecule has 0 radical (unpaired) electrons. The minimum Gasteiger partial charge on any atom is -0.319 e. The Balaban J connectivity index is 2.02. The van der Waals surface area contributed by atoms with Gasteiger partial charge in [0.15, 0.2) is 0 Å². The summed E-state index contributed by atoms with van der Waals surface area (Å²) < 4.78 is 0. The van der Waals surface area contributed by atoms with Gasteiger partial charge in [0.25, 0.3) is 5.91 Å². The van der Waals surface area contributed by atoms with E-state index in [0.717, 1.165) is 22.4 Å². The van der Waals surface area contributed by atoms with E-state index in [0.29, 0.717) is 6.42 Å². The zero-order valence-electron chi connectivity index (χ0n) is 10.6. The van der Waals surface area contributed by atoms with Crippen molar-refractivity contribution in [2.24, 2.45) is 0 Å². The number of carbonyl (C=O) groups excluding carboxylic acids is 3. The number of aryl methyl sites for hydroxylation is 1. The summed E-state index contributed by atoms with van der Waals surface area (Å²) in [4.78, 5) is 36.6. The van der Waals surface area contributed by atoms with E-state index in [4.69, 9.17) is 0 Å². The Morgan fingerprint density at radius 1 is 1.37 bits per heavy atom. The summed E-state index contributed by atoms with van der Waals surface area (Å²) in [5.74, 6) is -0.510. The molecule has 3 rings (SSSR count). The van der Waals surface area contributed by atoms with Gasteiger partial charge < -0.3 is 5.32 Å². The van der Waals surface area contributed by atoms with Gasteiger partial charge in [-0.25, -0.2) is 4.79 Å². The lowest BCUT2D eigenvalue weighted by Gasteiger charge is -2.22. The molecular weight excluding hydrogens is 244 g/mol. The van der Waals surface area contributed by atoms with E-state index in [1.54, 1.807) is 0 Å². The number of nitrogens with zero attached hydrogens (tertiary/aromatic N) is 1. The number of amides is 3. The van der Waals surface area contributed by atoms with Crippen molar-refractivity contribution >= 4 is 17.7 Å². The second-order valence-corrected chi connectivity index (χ2v) is 5.09. The van der Waals surface area contributed by atoms with Crippen LogP contribution in [0, 0.1) is 0 Å². The highest BCUT2D eigenvalue weighted by atomic mass is 16.2. The number of urea groups is 1. The summed E-state index contributed by atoms with van der Waals surface area (Å²) in [6, 6.07) is 7.15. The van der Waals surface area contributed by atoms with E-state index in [9.17, 15) is 14.4 Å². The molecular formula is C14H14N2O3. The highest BCUT2D eigenvalue weighted by Crippen LogP contribution is 2.41. The molecule has 2 aliphatic rings. The van der Waals surface area contributed by atoms with Gasteiger partial charge in [0.2, 0.25) is 0 Å². The summed E-state index contributed by atoms with van der Waals surface area (Å²) in [5, 5.41) is 2.78. The predicted molar refractivity (Wildman–Crippen MR) is 67.4 cm³/mol. The highest BCUT2D eigenvalue weighted by molar-refractivity contribution is 6.09. The quantitative estimate of drug-likeness (QED) is 0.804. The molecule has 0 saturated carbocycles. The van der Waals surface area contributed by atoms with Crippen molar-refractivity contribution in [2.45, 2.75) is 25.3 Å². The van der Waals surface area contributed by atoms with Gasteiger partial charge in [0.05, 0.1) is 6.54 Å². The SMILES string of the molecule is CC(=O)CN1C(=O)NC2(CCc3ccccc32)C1=O. The second-order valence-electron chi connectivity index (χ2n) is 5.09. The summed E-state index contributed by atoms with van der Waals surface area (Å²) in [6.07, 6.45) is 1.32. The van der Waals surface area contributed by atoms with Crippen LogP contribution >= 0.6 is 0 Å². The van der Waals surface area contributed by atoms with Gasteiger partial charge in [-0.2, -0.15) is 0 Å². The number of ketones is 1. The number of benzene rings is 1. The second kappa shape index (κ2) is 3.91. The van der Waals surface area contributed by atoms with Crippen LogP contribution in [0.2, 0.25) is 0 Å². The van der Waals surface area contributed by atoms with E-state index in [1.165, 1.54) is 6.92 Å². The largest absolute Gasteiger partial charge is 0.325 e. The average molecular weight is 258 g/mol. The zero-order chi connectivity index (χ0) is 13.6. The molecule has 1 heterocycles. The monoisotopic (exact) mass is 258 g/mol. The first-order chi connectivity index (χ1) is 9.04. The minimum absolute atomic E-state index is 0.158. The Morgan fingerprint density at radius 2 is 2.11 bits per heavy atom. The smallest absolute Gasteiger partial charge is 0.319 e. The van der Waals surface area contributed by atoms with Crippen LogP contribution < -0.4 is 5.32 Å². The zero-order valence-corrected chi connectivity index (χ0v) is 10.6. The molecule has 1 aliphatic carbocycles. The van der Waals surface area contributed by atoms with E-state index < -0.39 is 11.6 Å². The molecule has 1 fully saturated rings. The number of nitrogens with one attached hydrogen (secondary N) is 1. The van der Waals surface area contributed by atoms with Crippen LogP contribution in [0.3, 0.4) is 0 Å². The van der Waals surface area contributed by atoms with Crippen LogP contribution in [0.15, 0.2) is 24.3 Å². The maximum absolute atomic E-state index is 12.5. The molecule has 1 aromatic carbocycles. The van der Waals surface area contributed by atoms with Gasteiger partial charge in [0, 0.05) is 0 Å². The molecule has 19 heavy (non-hydrogen) atoms. The lowest BCUT2D eigenvalue weighted by molar-refractivity contribution is -0.134. The number of fused-ring (bicyclic) bond motifs is 2. The number of imide groups is 1. The molecule has 1 aliphatic heterocycles. The van der Waals surface area contributed by atoms with Crippen LogP contribution in [0.1, 0.15) is 24.5 Å². The standard InChI is InChI=1S/C14H14N2O3/c1-9(17)8-16-12(18)14(15-13(16)19)7-6-10-4-2-3-5-11(10)14/h2-5H,6-8H2,1H3,(H,15,19). The van der Waals surface area contributed by atoms with Gasteiger partial charge in [-0.3, -0.25) is 14.5 Å². The molecule has 1 unspecified atom stereocenters. The normalized spacial score (nSPS) is 24.8. The Bertz CT molecular complexity index is 596. The molecule has 5 heteroatoms. The first-order valence-corrected chi connectivity index (χ1v) is 6.26. The highest BCUT2D eigenvalue weighted by Gasteiger charge is 2.55. The maximum Gasteiger partial charge on any atom is 0.325 e. The van der Waals surface area contributed by atoms with Crippen molar-refractivity contribution in [3.05, 3.63) is 35.4 Å². The van der Waals surface area contributed by atoms with E-state index >= 15 is 0 Å². The Labute approximate surface area is 110 Å². The minimum atomic E-state index is -0.955. The van der Waals surface area contributed by atoms with Gasteiger partial charge in [-0.15, -0.1) is 0 Å². The molecule has 1 atom stereocenters. The van der Waals surface area contributed by atoms with Crippen LogP contribution in [0.5, 0.6) is 0 Å². The third-order valence-corrected chi connectivity index (χ3v) is 3.80. The molecule has 1 spiro atoms. The van der Waals surface area contributed by atoms with Crippen molar-refractivity contribution < 1.29 is 14.4 Å². The van der Waals surface area contributed by atoms with Gasteiger partial charge in [-0.05, 0) is 30.9 Å².